The molecule has 2 aliphatic rings. The number of nitrogens with one attached hydrogen (secondary N) is 2. The predicted octanol–water partition coefficient (Wildman–Crippen LogP) is 3.27. The Kier molecular flexibility index (Phi) is 6.63. The minimum absolute atomic E-state index is 0.199. The number of nitrogens with zero attached hydrogens (tertiary/aromatic N) is 2. The Balaban J connectivity index is 1.48. The molecule has 27 heavy (non-hydrogen) atoms. The standard InChI is InChI=1S/C20H29BrN4O2/c1-3-27-19(26)25-12-8-15(9-13-25)24-18(22-2)23-14-20(10-11-20)16-6-4-5-7-17(16)21/h4-7,15H,3,8-14H2,1-2H3,(H2,22,23,24). The van der Waals surface area contributed by atoms with Crippen molar-refractivity contribution < 1.29 is 9.53 Å². The maximum atomic E-state index is 11.8. The van der Waals surface area contributed by atoms with E-state index >= 15 is 0 Å². The predicted molar refractivity (Wildman–Crippen MR) is 111 cm³/mol. The van der Waals surface area contributed by atoms with E-state index in [2.05, 4.69) is 55.8 Å². The lowest BCUT2D eigenvalue weighted by atomic mass is 9.96. The van der Waals surface area contributed by atoms with E-state index in [-0.39, 0.29) is 11.5 Å². The zero-order valence-electron chi connectivity index (χ0n) is 16.1. The monoisotopic (exact) mass is 436 g/mol. The number of benzene rings is 1. The first-order valence-electron chi connectivity index (χ1n) is 9.72. The highest BCUT2D eigenvalue weighted by Crippen LogP contribution is 2.49. The van der Waals surface area contributed by atoms with Crippen molar-refractivity contribution in [3.8, 4) is 0 Å². The first kappa shape index (κ1) is 20.0. The van der Waals surface area contributed by atoms with E-state index in [9.17, 15) is 4.79 Å². The van der Waals surface area contributed by atoms with Crippen molar-refractivity contribution >= 4 is 28.0 Å². The van der Waals surface area contributed by atoms with Gasteiger partial charge in [-0.25, -0.2) is 4.79 Å². The van der Waals surface area contributed by atoms with Crippen molar-refractivity contribution in [3.63, 3.8) is 0 Å². The number of rotatable bonds is 5. The Morgan fingerprint density at radius 2 is 2.04 bits per heavy atom. The van der Waals surface area contributed by atoms with Crippen LogP contribution >= 0.6 is 15.9 Å². The van der Waals surface area contributed by atoms with Gasteiger partial charge >= 0.3 is 6.09 Å². The zero-order valence-corrected chi connectivity index (χ0v) is 17.7. The molecule has 1 aliphatic heterocycles. The van der Waals surface area contributed by atoms with Gasteiger partial charge < -0.3 is 20.3 Å². The summed E-state index contributed by atoms with van der Waals surface area (Å²) in [5.74, 6) is 0.836. The average Bonchev–Trinajstić information content (AvgIpc) is 3.47. The molecule has 6 nitrogen and oxygen atoms in total. The van der Waals surface area contributed by atoms with Crippen LogP contribution in [0.5, 0.6) is 0 Å². The van der Waals surface area contributed by atoms with Gasteiger partial charge in [-0.1, -0.05) is 34.1 Å². The lowest BCUT2D eigenvalue weighted by Crippen LogP contribution is -2.50. The number of piperidine rings is 1. The van der Waals surface area contributed by atoms with Crippen LogP contribution in [0.3, 0.4) is 0 Å². The SMILES string of the molecule is CCOC(=O)N1CCC(NC(=NC)NCC2(c3ccccc3Br)CC2)CC1. The first-order valence-corrected chi connectivity index (χ1v) is 10.5. The van der Waals surface area contributed by atoms with E-state index in [1.165, 1.54) is 22.9 Å². The summed E-state index contributed by atoms with van der Waals surface area (Å²) in [5.41, 5.74) is 1.57. The van der Waals surface area contributed by atoms with Gasteiger partial charge in [0.15, 0.2) is 5.96 Å². The van der Waals surface area contributed by atoms with Gasteiger partial charge in [-0.2, -0.15) is 0 Å². The summed E-state index contributed by atoms with van der Waals surface area (Å²) >= 11 is 3.69. The molecule has 2 fully saturated rings. The van der Waals surface area contributed by atoms with Crippen LogP contribution in [0.1, 0.15) is 38.2 Å². The summed E-state index contributed by atoms with van der Waals surface area (Å²) in [6, 6.07) is 8.80. The summed E-state index contributed by atoms with van der Waals surface area (Å²) in [7, 11) is 1.81. The Morgan fingerprint density at radius 3 is 2.63 bits per heavy atom. The maximum Gasteiger partial charge on any atom is 0.409 e. The van der Waals surface area contributed by atoms with Crippen LogP contribution < -0.4 is 10.6 Å². The third-order valence-electron chi connectivity index (χ3n) is 5.48. The second kappa shape index (κ2) is 8.95. The molecular formula is C20H29BrN4O2. The van der Waals surface area contributed by atoms with Crippen molar-refractivity contribution in [3.05, 3.63) is 34.3 Å². The molecule has 0 unspecified atom stereocenters. The van der Waals surface area contributed by atoms with Gasteiger partial charge in [-0.05, 0) is 44.2 Å². The molecule has 148 valence electrons. The average molecular weight is 437 g/mol. The lowest BCUT2D eigenvalue weighted by molar-refractivity contribution is 0.0963. The fourth-order valence-corrected chi connectivity index (χ4v) is 4.35. The highest BCUT2D eigenvalue weighted by atomic mass is 79.9. The lowest BCUT2D eigenvalue weighted by Gasteiger charge is -2.32. The van der Waals surface area contributed by atoms with Crippen LogP contribution in [0.15, 0.2) is 33.7 Å². The number of carbonyl (C=O) groups is 1. The van der Waals surface area contributed by atoms with Crippen LogP contribution in [0, 0.1) is 0 Å². The number of halogens is 1. The summed E-state index contributed by atoms with van der Waals surface area (Å²) in [6.07, 6.45) is 3.97. The number of hydrogen-bond donors (Lipinski definition) is 2. The van der Waals surface area contributed by atoms with Gasteiger partial charge in [0, 0.05) is 42.6 Å². The third-order valence-corrected chi connectivity index (χ3v) is 6.17. The zero-order chi connectivity index (χ0) is 19.3. The quantitative estimate of drug-likeness (QED) is 0.548. The summed E-state index contributed by atoms with van der Waals surface area (Å²) < 4.78 is 6.26. The second-order valence-corrected chi connectivity index (χ2v) is 8.14. The molecule has 0 spiro atoms. The summed E-state index contributed by atoms with van der Waals surface area (Å²) in [5, 5.41) is 7.02. The molecular weight excluding hydrogens is 408 g/mol. The number of ether oxygens (including phenoxy) is 1. The topological polar surface area (TPSA) is 66.0 Å². The van der Waals surface area contributed by atoms with Crippen molar-refractivity contribution in [1.82, 2.24) is 15.5 Å². The number of hydrogen-bond acceptors (Lipinski definition) is 3. The van der Waals surface area contributed by atoms with Gasteiger partial charge in [0.1, 0.15) is 0 Å². The highest BCUT2D eigenvalue weighted by molar-refractivity contribution is 9.10. The van der Waals surface area contributed by atoms with Crippen LogP contribution in [0.25, 0.3) is 0 Å². The number of guanidine groups is 1. The van der Waals surface area contributed by atoms with Gasteiger partial charge in [-0.15, -0.1) is 0 Å². The smallest absolute Gasteiger partial charge is 0.409 e. The first-order chi connectivity index (χ1) is 13.1. The maximum absolute atomic E-state index is 11.8. The molecule has 7 heteroatoms. The van der Waals surface area contributed by atoms with E-state index in [1.54, 1.807) is 11.9 Å². The minimum Gasteiger partial charge on any atom is -0.450 e. The summed E-state index contributed by atoms with van der Waals surface area (Å²) in [4.78, 5) is 18.0. The largest absolute Gasteiger partial charge is 0.450 e. The van der Waals surface area contributed by atoms with Crippen LogP contribution in [-0.4, -0.2) is 56.3 Å². The molecule has 1 saturated heterocycles. The molecule has 3 rings (SSSR count). The molecule has 1 heterocycles. The van der Waals surface area contributed by atoms with Gasteiger partial charge in [0.25, 0.3) is 0 Å². The number of likely N-dealkylation sites (tertiary alicyclic amines) is 1. The van der Waals surface area contributed by atoms with Crippen molar-refractivity contribution in [1.29, 1.82) is 0 Å². The molecule has 1 aliphatic carbocycles. The van der Waals surface area contributed by atoms with Crippen molar-refractivity contribution in [2.45, 2.75) is 44.1 Å². The van der Waals surface area contributed by atoms with E-state index < -0.39 is 0 Å². The molecule has 0 bridgehead atoms. The normalized spacial score (nSPS) is 19.5. The fraction of sp³-hybridized carbons (Fsp3) is 0.600. The fourth-order valence-electron chi connectivity index (χ4n) is 3.65. The van der Waals surface area contributed by atoms with Gasteiger partial charge in [0.2, 0.25) is 0 Å². The molecule has 1 amide bonds. The molecule has 0 aromatic heterocycles. The Hall–Kier alpha value is -1.76. The summed E-state index contributed by atoms with van der Waals surface area (Å²) in [6.45, 7) is 4.56. The molecule has 0 radical (unpaired) electrons. The van der Waals surface area contributed by atoms with Gasteiger partial charge in [-0.3, -0.25) is 4.99 Å². The van der Waals surface area contributed by atoms with E-state index in [1.807, 2.05) is 6.92 Å². The number of aliphatic imine (C=N–C) groups is 1. The van der Waals surface area contributed by atoms with E-state index in [0.717, 1.165) is 25.3 Å². The van der Waals surface area contributed by atoms with Crippen LogP contribution in [-0.2, 0) is 10.2 Å². The van der Waals surface area contributed by atoms with E-state index in [4.69, 9.17) is 4.74 Å². The minimum atomic E-state index is -0.206. The molecule has 1 saturated carbocycles. The molecule has 1 aromatic carbocycles. The van der Waals surface area contributed by atoms with Gasteiger partial charge in [0.05, 0.1) is 6.61 Å². The Bertz CT molecular complexity index is 682. The van der Waals surface area contributed by atoms with Crippen LogP contribution in [0.2, 0.25) is 0 Å². The molecule has 2 N–H and O–H groups in total. The third kappa shape index (κ3) is 4.94. The van der Waals surface area contributed by atoms with Crippen LogP contribution in [0.4, 0.5) is 4.79 Å². The Labute approximate surface area is 169 Å². The number of carbonyl (C=O) groups excluding carboxylic acids is 1. The van der Waals surface area contributed by atoms with Crippen molar-refractivity contribution in [2.24, 2.45) is 4.99 Å². The second-order valence-electron chi connectivity index (χ2n) is 7.29. The highest BCUT2D eigenvalue weighted by Gasteiger charge is 2.45. The Morgan fingerprint density at radius 1 is 1.33 bits per heavy atom. The number of amides is 1. The molecule has 0 atom stereocenters. The molecule has 1 aromatic rings. The van der Waals surface area contributed by atoms with Crippen molar-refractivity contribution in [2.75, 3.05) is 33.3 Å². The van der Waals surface area contributed by atoms with E-state index in [0.29, 0.717) is 25.7 Å².